The highest BCUT2D eigenvalue weighted by molar-refractivity contribution is 5.83. The highest BCUT2D eigenvalue weighted by Gasteiger charge is 2.14. The van der Waals surface area contributed by atoms with Gasteiger partial charge in [-0.1, -0.05) is 42.5 Å². The first-order valence-electron chi connectivity index (χ1n) is 11.7. The van der Waals surface area contributed by atoms with Crippen LogP contribution < -0.4 is 10.6 Å². The third-order valence-corrected chi connectivity index (χ3v) is 5.77. The van der Waals surface area contributed by atoms with Crippen LogP contribution in [0.3, 0.4) is 0 Å². The van der Waals surface area contributed by atoms with E-state index in [4.69, 9.17) is 14.5 Å². The van der Waals surface area contributed by atoms with Crippen LogP contribution in [0, 0.1) is 0 Å². The number of aromatic amines is 1. The van der Waals surface area contributed by atoms with Crippen molar-refractivity contribution in [2.24, 2.45) is 4.99 Å². The number of benzene rings is 2. The topological polar surface area (TPSA) is 70.7 Å². The molecule has 6 nitrogen and oxygen atoms in total. The maximum Gasteiger partial charge on any atom is 0.191 e. The van der Waals surface area contributed by atoms with E-state index in [1.165, 1.54) is 27.6 Å². The van der Waals surface area contributed by atoms with E-state index >= 15 is 0 Å². The summed E-state index contributed by atoms with van der Waals surface area (Å²) in [7, 11) is 0. The Bertz CT molecular complexity index is 1010. The van der Waals surface area contributed by atoms with Crippen molar-refractivity contribution in [1.29, 1.82) is 0 Å². The van der Waals surface area contributed by atoms with E-state index in [1.807, 2.05) is 0 Å². The summed E-state index contributed by atoms with van der Waals surface area (Å²) in [5.41, 5.74) is 4.89. The maximum absolute atomic E-state index is 6.06. The zero-order chi connectivity index (χ0) is 22.0. The summed E-state index contributed by atoms with van der Waals surface area (Å²) < 4.78 is 11.5. The third kappa shape index (κ3) is 6.34. The summed E-state index contributed by atoms with van der Waals surface area (Å²) in [4.78, 5) is 8.13. The Morgan fingerprint density at radius 3 is 2.81 bits per heavy atom. The van der Waals surface area contributed by atoms with Gasteiger partial charge in [0.2, 0.25) is 0 Å². The van der Waals surface area contributed by atoms with Crippen LogP contribution in [0.15, 0.2) is 59.7 Å². The lowest BCUT2D eigenvalue weighted by atomic mass is 10.1. The van der Waals surface area contributed by atoms with Gasteiger partial charge in [0.05, 0.1) is 19.3 Å². The number of nitrogens with zero attached hydrogens (tertiary/aromatic N) is 1. The number of aromatic nitrogens is 1. The minimum absolute atomic E-state index is 0.312. The van der Waals surface area contributed by atoms with Crippen molar-refractivity contribution in [1.82, 2.24) is 15.6 Å². The fourth-order valence-corrected chi connectivity index (χ4v) is 4.04. The molecule has 0 radical (unpaired) electrons. The molecule has 32 heavy (non-hydrogen) atoms. The first-order valence-corrected chi connectivity index (χ1v) is 11.7. The quantitative estimate of drug-likeness (QED) is 0.349. The van der Waals surface area contributed by atoms with Crippen molar-refractivity contribution in [3.63, 3.8) is 0 Å². The zero-order valence-corrected chi connectivity index (χ0v) is 18.9. The Balaban J connectivity index is 1.29. The summed E-state index contributed by atoms with van der Waals surface area (Å²) in [5.74, 6) is 0.844. The van der Waals surface area contributed by atoms with E-state index in [-0.39, 0.29) is 0 Å². The Hall–Kier alpha value is -2.83. The molecule has 2 heterocycles. The Labute approximate surface area is 190 Å². The standard InChI is InChI=1S/C26H34N4O2/c1-2-27-26(28-13-10-22-18-29-25-9-4-3-8-24(22)25)30-17-20-6-5-7-21(16-20)19-32-23-11-14-31-15-12-23/h3-9,16,18,23,29H,2,10-15,17,19H2,1H3,(H2,27,28,30). The van der Waals surface area contributed by atoms with Crippen molar-refractivity contribution < 1.29 is 9.47 Å². The molecular weight excluding hydrogens is 400 g/mol. The van der Waals surface area contributed by atoms with Crippen LogP contribution >= 0.6 is 0 Å². The van der Waals surface area contributed by atoms with E-state index in [0.717, 1.165) is 51.5 Å². The van der Waals surface area contributed by atoms with E-state index in [1.54, 1.807) is 0 Å². The number of nitrogens with one attached hydrogen (secondary N) is 3. The van der Waals surface area contributed by atoms with Gasteiger partial charge >= 0.3 is 0 Å². The second kappa shape index (κ2) is 11.7. The predicted octanol–water partition coefficient (Wildman–Crippen LogP) is 4.16. The number of fused-ring (bicyclic) bond motifs is 1. The highest BCUT2D eigenvalue weighted by Crippen LogP contribution is 2.18. The number of para-hydroxylation sites is 1. The summed E-state index contributed by atoms with van der Waals surface area (Å²) in [6.07, 6.45) is 5.32. The molecule has 1 aliphatic rings. The Morgan fingerprint density at radius 1 is 1.09 bits per heavy atom. The van der Waals surface area contributed by atoms with Crippen molar-refractivity contribution in [2.45, 2.75) is 45.4 Å². The molecule has 0 saturated carbocycles. The van der Waals surface area contributed by atoms with Gasteiger partial charge in [0.15, 0.2) is 5.96 Å². The summed E-state index contributed by atoms with van der Waals surface area (Å²) >= 11 is 0. The van der Waals surface area contributed by atoms with E-state index in [2.05, 4.69) is 77.3 Å². The molecule has 1 fully saturated rings. The minimum atomic E-state index is 0.312. The molecule has 3 N–H and O–H groups in total. The molecule has 0 atom stereocenters. The molecule has 1 aliphatic heterocycles. The van der Waals surface area contributed by atoms with Crippen molar-refractivity contribution >= 4 is 16.9 Å². The van der Waals surface area contributed by atoms with Gasteiger partial charge < -0.3 is 25.1 Å². The summed E-state index contributed by atoms with van der Waals surface area (Å²) in [6, 6.07) is 16.9. The molecule has 6 heteroatoms. The number of hydrogen-bond donors (Lipinski definition) is 3. The molecule has 0 aliphatic carbocycles. The molecule has 2 aromatic carbocycles. The van der Waals surface area contributed by atoms with Crippen LogP contribution in [0.4, 0.5) is 0 Å². The van der Waals surface area contributed by atoms with Gasteiger partial charge in [-0.2, -0.15) is 0 Å². The number of H-pyrrole nitrogens is 1. The van der Waals surface area contributed by atoms with Crippen LogP contribution in [0.5, 0.6) is 0 Å². The molecule has 0 unspecified atom stereocenters. The molecule has 170 valence electrons. The van der Waals surface area contributed by atoms with Gasteiger partial charge in [-0.25, -0.2) is 4.99 Å². The number of ether oxygens (including phenoxy) is 2. The highest BCUT2D eigenvalue weighted by atomic mass is 16.5. The van der Waals surface area contributed by atoms with Crippen LogP contribution in [0.2, 0.25) is 0 Å². The molecular formula is C26H34N4O2. The molecule has 0 bridgehead atoms. The number of rotatable bonds is 9. The molecule has 3 aromatic rings. The predicted molar refractivity (Wildman–Crippen MR) is 130 cm³/mol. The normalized spacial score (nSPS) is 15.2. The zero-order valence-electron chi connectivity index (χ0n) is 18.9. The van der Waals surface area contributed by atoms with Crippen LogP contribution in [-0.2, 0) is 29.0 Å². The van der Waals surface area contributed by atoms with Gasteiger partial charge in [0.25, 0.3) is 0 Å². The molecule has 1 aromatic heterocycles. The largest absolute Gasteiger partial charge is 0.381 e. The van der Waals surface area contributed by atoms with Gasteiger partial charge in [-0.3, -0.25) is 0 Å². The fourth-order valence-electron chi connectivity index (χ4n) is 4.04. The second-order valence-corrected chi connectivity index (χ2v) is 8.17. The van der Waals surface area contributed by atoms with Gasteiger partial charge in [-0.05, 0) is 48.9 Å². The second-order valence-electron chi connectivity index (χ2n) is 8.17. The molecule has 0 amide bonds. The van der Waals surface area contributed by atoms with Crippen molar-refractivity contribution in [2.75, 3.05) is 26.3 Å². The average molecular weight is 435 g/mol. The lowest BCUT2D eigenvalue weighted by molar-refractivity contribution is -0.0390. The first-order chi connectivity index (χ1) is 15.8. The fraction of sp³-hybridized carbons (Fsp3) is 0.423. The maximum atomic E-state index is 6.06. The Kier molecular flexibility index (Phi) is 8.17. The SMILES string of the molecule is CCNC(=NCc1cccc(COC2CCOCC2)c1)NCCc1c[nH]c2ccccc12. The van der Waals surface area contributed by atoms with Crippen LogP contribution in [-0.4, -0.2) is 43.4 Å². The van der Waals surface area contributed by atoms with Crippen molar-refractivity contribution in [3.05, 3.63) is 71.4 Å². The van der Waals surface area contributed by atoms with Crippen LogP contribution in [0.25, 0.3) is 10.9 Å². The van der Waals surface area contributed by atoms with E-state index in [9.17, 15) is 0 Å². The van der Waals surface area contributed by atoms with Gasteiger partial charge in [-0.15, -0.1) is 0 Å². The summed E-state index contributed by atoms with van der Waals surface area (Å²) in [6.45, 7) is 6.63. The molecule has 1 saturated heterocycles. The van der Waals surface area contributed by atoms with Crippen molar-refractivity contribution in [3.8, 4) is 0 Å². The minimum Gasteiger partial charge on any atom is -0.381 e. The Morgan fingerprint density at radius 2 is 1.94 bits per heavy atom. The number of hydrogen-bond acceptors (Lipinski definition) is 3. The van der Waals surface area contributed by atoms with E-state index < -0.39 is 0 Å². The lowest BCUT2D eigenvalue weighted by Gasteiger charge is -2.22. The average Bonchev–Trinajstić information content (AvgIpc) is 3.25. The number of aliphatic imine (C=N–C) groups is 1. The lowest BCUT2D eigenvalue weighted by Crippen LogP contribution is -2.38. The molecule has 4 rings (SSSR count). The third-order valence-electron chi connectivity index (χ3n) is 5.77. The van der Waals surface area contributed by atoms with E-state index in [0.29, 0.717) is 19.3 Å². The summed E-state index contributed by atoms with van der Waals surface area (Å²) in [5, 5.41) is 8.10. The smallest absolute Gasteiger partial charge is 0.191 e. The monoisotopic (exact) mass is 434 g/mol. The van der Waals surface area contributed by atoms with Crippen LogP contribution in [0.1, 0.15) is 36.5 Å². The first kappa shape index (κ1) is 22.4. The van der Waals surface area contributed by atoms with Gasteiger partial charge in [0, 0.05) is 43.4 Å². The number of guanidine groups is 1. The van der Waals surface area contributed by atoms with Gasteiger partial charge in [0.1, 0.15) is 0 Å². The molecule has 0 spiro atoms.